The quantitative estimate of drug-likeness (QED) is 0.364. The van der Waals surface area contributed by atoms with E-state index in [1.807, 2.05) is 67.5 Å². The van der Waals surface area contributed by atoms with Gasteiger partial charge in [0.15, 0.2) is 0 Å². The monoisotopic (exact) mass is 487 g/mol. The van der Waals surface area contributed by atoms with Crippen molar-refractivity contribution < 1.29 is 14.6 Å². The van der Waals surface area contributed by atoms with Crippen LogP contribution in [0.4, 0.5) is 0 Å². The Balaban J connectivity index is 0.00000193. The van der Waals surface area contributed by atoms with E-state index in [9.17, 15) is 9.90 Å². The van der Waals surface area contributed by atoms with Crippen LogP contribution in [-0.4, -0.2) is 46.2 Å². The molecule has 0 aliphatic rings. The molecule has 0 saturated heterocycles. The number of nitrogens with zero attached hydrogens (tertiary/aromatic N) is 3. The average Bonchev–Trinajstić information content (AvgIpc) is 3.06. The number of phenols is 1. The van der Waals surface area contributed by atoms with Crippen LogP contribution in [0.2, 0.25) is 0 Å². The number of hydrogen-bond donors (Lipinski definition) is 1. The molecule has 33 heavy (non-hydrogen) atoms. The Kier molecular flexibility index (Phi) is 8.88. The maximum Gasteiger partial charge on any atom is 0.340 e. The number of aromatic hydroxyl groups is 1. The fourth-order valence-corrected chi connectivity index (χ4v) is 3.88. The zero-order valence-electron chi connectivity index (χ0n) is 18.7. The van der Waals surface area contributed by atoms with Crippen molar-refractivity contribution in [3.05, 3.63) is 78.2 Å². The average molecular weight is 488 g/mol. The summed E-state index contributed by atoms with van der Waals surface area (Å²) in [5, 5.41) is 11.5. The van der Waals surface area contributed by atoms with Crippen LogP contribution in [0.25, 0.3) is 27.7 Å². The van der Waals surface area contributed by atoms with Crippen LogP contribution in [0.3, 0.4) is 0 Å². The molecule has 2 aromatic carbocycles. The molecule has 2 aromatic heterocycles. The summed E-state index contributed by atoms with van der Waals surface area (Å²) in [6, 6.07) is 17.2. The van der Waals surface area contributed by atoms with Gasteiger partial charge in [0.05, 0.1) is 23.4 Å². The third-order valence-electron chi connectivity index (χ3n) is 5.12. The van der Waals surface area contributed by atoms with Crippen LogP contribution < -0.4 is 0 Å². The van der Waals surface area contributed by atoms with Gasteiger partial charge < -0.3 is 19.3 Å². The van der Waals surface area contributed by atoms with Crippen molar-refractivity contribution in [2.45, 2.75) is 13.5 Å². The number of hydrogen-bond acceptors (Lipinski definition) is 5. The van der Waals surface area contributed by atoms with E-state index in [0.29, 0.717) is 23.1 Å². The first kappa shape index (κ1) is 26.2. The van der Waals surface area contributed by atoms with Gasteiger partial charge in [-0.05, 0) is 51.4 Å². The van der Waals surface area contributed by atoms with E-state index in [1.165, 1.54) is 0 Å². The minimum atomic E-state index is -0.396. The molecule has 8 heteroatoms. The lowest BCUT2D eigenvalue weighted by atomic mass is 10.0. The molecule has 4 aromatic rings. The minimum Gasteiger partial charge on any atom is -0.507 e. The number of para-hydroxylation sites is 1. The summed E-state index contributed by atoms with van der Waals surface area (Å²) >= 11 is 0. The van der Waals surface area contributed by atoms with E-state index in [4.69, 9.17) is 4.74 Å². The molecule has 174 valence electrons. The third-order valence-corrected chi connectivity index (χ3v) is 5.12. The molecular formula is C25H27Cl2N3O3. The summed E-state index contributed by atoms with van der Waals surface area (Å²) in [5.41, 5.74) is 4.50. The first-order valence-electron chi connectivity index (χ1n) is 10.2. The van der Waals surface area contributed by atoms with Crippen LogP contribution in [-0.2, 0) is 11.3 Å². The molecule has 2 heterocycles. The molecule has 0 bridgehead atoms. The first-order chi connectivity index (χ1) is 15.0. The fourth-order valence-electron chi connectivity index (χ4n) is 3.88. The van der Waals surface area contributed by atoms with Crippen LogP contribution in [0.15, 0.2) is 67.0 Å². The SMILES string of the molecule is CCOC(=O)c1c(CN(C)C)n(-c2ccccc2)c2cc(-c3cccnc3)c(O)cc12.Cl.Cl. The van der Waals surface area contributed by atoms with Crippen molar-refractivity contribution in [1.29, 1.82) is 0 Å². The van der Waals surface area contributed by atoms with Gasteiger partial charge in [0.25, 0.3) is 0 Å². The summed E-state index contributed by atoms with van der Waals surface area (Å²) < 4.78 is 7.47. The highest BCUT2D eigenvalue weighted by Crippen LogP contribution is 2.38. The maximum atomic E-state index is 13.0. The highest BCUT2D eigenvalue weighted by atomic mass is 35.5. The smallest absolute Gasteiger partial charge is 0.340 e. The standard InChI is InChI=1S/C25H25N3O3.2ClH/c1-4-31-25(30)24-20-14-23(29)19(17-9-8-12-26-15-17)13-21(20)28(22(24)16-27(2)3)18-10-6-5-7-11-18;;/h5-15,29H,4,16H2,1-3H3;2*1H. The number of aromatic nitrogens is 2. The number of carbonyl (C=O) groups is 1. The van der Waals surface area contributed by atoms with Gasteiger partial charge in [0.2, 0.25) is 0 Å². The summed E-state index contributed by atoms with van der Waals surface area (Å²) in [6.07, 6.45) is 3.41. The van der Waals surface area contributed by atoms with Crippen molar-refractivity contribution in [2.24, 2.45) is 0 Å². The molecule has 0 fully saturated rings. The zero-order valence-corrected chi connectivity index (χ0v) is 20.3. The lowest BCUT2D eigenvalue weighted by molar-refractivity contribution is 0.0526. The minimum absolute atomic E-state index is 0. The number of rotatable bonds is 6. The third kappa shape index (κ3) is 5.14. The molecule has 0 radical (unpaired) electrons. The van der Waals surface area contributed by atoms with Gasteiger partial charge in [-0.3, -0.25) is 4.98 Å². The Morgan fingerprint density at radius 1 is 1.09 bits per heavy atom. The fraction of sp³-hybridized carbons (Fsp3) is 0.200. The highest BCUT2D eigenvalue weighted by molar-refractivity contribution is 6.08. The zero-order chi connectivity index (χ0) is 22.0. The Morgan fingerprint density at radius 3 is 2.42 bits per heavy atom. The Hall–Kier alpha value is -3.06. The van der Waals surface area contributed by atoms with Gasteiger partial charge in [-0.2, -0.15) is 0 Å². The number of phenolic OH excluding ortho intramolecular Hbond substituents is 1. The molecular weight excluding hydrogens is 461 g/mol. The number of benzene rings is 2. The topological polar surface area (TPSA) is 67.6 Å². The number of ether oxygens (including phenoxy) is 1. The van der Waals surface area contributed by atoms with Crippen molar-refractivity contribution in [3.63, 3.8) is 0 Å². The van der Waals surface area contributed by atoms with E-state index in [2.05, 4.69) is 9.55 Å². The number of pyridine rings is 1. The van der Waals surface area contributed by atoms with E-state index in [1.54, 1.807) is 25.4 Å². The molecule has 0 aliphatic carbocycles. The van der Waals surface area contributed by atoms with Gasteiger partial charge >= 0.3 is 5.97 Å². The Morgan fingerprint density at radius 2 is 1.82 bits per heavy atom. The van der Waals surface area contributed by atoms with Gasteiger partial charge in [-0.15, -0.1) is 24.8 Å². The summed E-state index contributed by atoms with van der Waals surface area (Å²) in [6.45, 7) is 2.59. The van der Waals surface area contributed by atoms with Crippen LogP contribution >= 0.6 is 24.8 Å². The van der Waals surface area contributed by atoms with Gasteiger partial charge in [-0.25, -0.2) is 4.79 Å². The maximum absolute atomic E-state index is 13.0. The highest BCUT2D eigenvalue weighted by Gasteiger charge is 2.26. The molecule has 4 rings (SSSR count). The number of esters is 1. The number of halogens is 2. The number of carbonyl (C=O) groups excluding carboxylic acids is 1. The molecule has 1 N–H and O–H groups in total. The van der Waals surface area contributed by atoms with Crippen molar-refractivity contribution >= 4 is 41.7 Å². The molecule has 6 nitrogen and oxygen atoms in total. The van der Waals surface area contributed by atoms with Crippen molar-refractivity contribution in [1.82, 2.24) is 14.5 Å². The largest absolute Gasteiger partial charge is 0.507 e. The Bertz CT molecular complexity index is 1230. The van der Waals surface area contributed by atoms with E-state index in [0.717, 1.165) is 22.5 Å². The summed E-state index contributed by atoms with van der Waals surface area (Å²) in [7, 11) is 3.92. The van der Waals surface area contributed by atoms with Gasteiger partial charge in [-0.1, -0.05) is 24.3 Å². The first-order valence-corrected chi connectivity index (χ1v) is 10.2. The summed E-state index contributed by atoms with van der Waals surface area (Å²) in [4.78, 5) is 19.2. The predicted octanol–water partition coefficient (Wildman–Crippen LogP) is 5.48. The molecule has 0 unspecified atom stereocenters. The van der Waals surface area contributed by atoms with Crippen LogP contribution in [0, 0.1) is 0 Å². The lowest BCUT2D eigenvalue weighted by Crippen LogP contribution is -2.17. The second-order valence-corrected chi connectivity index (χ2v) is 7.58. The van der Waals surface area contributed by atoms with Crippen molar-refractivity contribution in [3.8, 4) is 22.6 Å². The normalized spacial score (nSPS) is 10.5. The number of fused-ring (bicyclic) bond motifs is 1. The van der Waals surface area contributed by atoms with E-state index in [-0.39, 0.29) is 37.2 Å². The molecule has 0 amide bonds. The molecule has 0 spiro atoms. The second kappa shape index (κ2) is 11.2. The molecule has 0 aliphatic heterocycles. The van der Waals surface area contributed by atoms with Crippen LogP contribution in [0.1, 0.15) is 23.0 Å². The van der Waals surface area contributed by atoms with Gasteiger partial charge in [0.1, 0.15) is 5.75 Å². The molecule has 0 saturated carbocycles. The van der Waals surface area contributed by atoms with Gasteiger partial charge in [0, 0.05) is 41.1 Å². The molecule has 0 atom stereocenters. The van der Waals surface area contributed by atoms with E-state index >= 15 is 0 Å². The second-order valence-electron chi connectivity index (χ2n) is 7.58. The predicted molar refractivity (Wildman–Crippen MR) is 136 cm³/mol. The van der Waals surface area contributed by atoms with Crippen molar-refractivity contribution in [2.75, 3.05) is 20.7 Å². The Labute approximate surface area is 205 Å². The summed E-state index contributed by atoms with van der Waals surface area (Å²) in [5.74, 6) is -0.305. The van der Waals surface area contributed by atoms with E-state index < -0.39 is 5.97 Å². The lowest BCUT2D eigenvalue weighted by Gasteiger charge is -2.16. The van der Waals surface area contributed by atoms with Crippen LogP contribution in [0.5, 0.6) is 5.75 Å².